The maximum absolute atomic E-state index is 5.83. The van der Waals surface area contributed by atoms with Crippen LogP contribution >= 0.6 is 0 Å². The molecule has 1 fully saturated rings. The molecule has 1 saturated heterocycles. The van der Waals surface area contributed by atoms with E-state index in [1.165, 1.54) is 11.1 Å². The van der Waals surface area contributed by atoms with Crippen LogP contribution in [0.5, 0.6) is 0 Å². The normalized spacial score (nSPS) is 19.5. The monoisotopic (exact) mass is 262 g/mol. The highest BCUT2D eigenvalue weighted by Gasteiger charge is 2.21. The molecule has 1 aliphatic rings. The van der Waals surface area contributed by atoms with Crippen LogP contribution in [0.25, 0.3) is 0 Å². The molecule has 2 heterocycles. The number of hydrogen-bond donors (Lipinski definition) is 1. The third kappa shape index (κ3) is 4.00. The Balaban J connectivity index is 1.83. The van der Waals surface area contributed by atoms with Gasteiger partial charge in [0.25, 0.3) is 0 Å². The van der Waals surface area contributed by atoms with Gasteiger partial charge in [-0.15, -0.1) is 0 Å². The fourth-order valence-corrected chi connectivity index (χ4v) is 2.82. The SMILES string of the molecule is CCC(CN)N1CCN(Cc2cncc(C)c2)CC1. The minimum absolute atomic E-state index is 0.558. The molecule has 0 bridgehead atoms. The Bertz CT molecular complexity index is 381. The zero-order valence-electron chi connectivity index (χ0n) is 12.2. The highest BCUT2D eigenvalue weighted by molar-refractivity contribution is 5.16. The molecule has 2 N–H and O–H groups in total. The lowest BCUT2D eigenvalue weighted by molar-refractivity contribution is 0.0926. The predicted molar refractivity (Wildman–Crippen MR) is 79.0 cm³/mol. The van der Waals surface area contributed by atoms with Gasteiger partial charge in [0, 0.05) is 57.7 Å². The molecule has 1 atom stereocenters. The average Bonchev–Trinajstić information content (AvgIpc) is 2.42. The Labute approximate surface area is 116 Å². The number of nitrogens with zero attached hydrogens (tertiary/aromatic N) is 3. The molecular formula is C15H26N4. The zero-order valence-corrected chi connectivity index (χ0v) is 12.2. The summed E-state index contributed by atoms with van der Waals surface area (Å²) in [6.07, 6.45) is 5.04. The van der Waals surface area contributed by atoms with E-state index in [1.54, 1.807) is 0 Å². The lowest BCUT2D eigenvalue weighted by Crippen LogP contribution is -2.51. The van der Waals surface area contributed by atoms with Gasteiger partial charge in [-0.1, -0.05) is 13.0 Å². The lowest BCUT2D eigenvalue weighted by atomic mass is 10.1. The minimum Gasteiger partial charge on any atom is -0.329 e. The summed E-state index contributed by atoms with van der Waals surface area (Å²) in [5, 5.41) is 0. The Morgan fingerprint density at radius 1 is 1.26 bits per heavy atom. The summed E-state index contributed by atoms with van der Waals surface area (Å²) in [6.45, 7) is 10.6. The Morgan fingerprint density at radius 2 is 2.00 bits per heavy atom. The second kappa shape index (κ2) is 6.98. The third-order valence-electron chi connectivity index (χ3n) is 4.00. The summed E-state index contributed by atoms with van der Waals surface area (Å²) >= 11 is 0. The highest BCUT2D eigenvalue weighted by Crippen LogP contribution is 2.12. The topological polar surface area (TPSA) is 45.4 Å². The van der Waals surface area contributed by atoms with Gasteiger partial charge in [0.15, 0.2) is 0 Å². The van der Waals surface area contributed by atoms with Crippen molar-refractivity contribution in [3.8, 4) is 0 Å². The molecule has 2 rings (SSSR count). The molecule has 1 unspecified atom stereocenters. The maximum Gasteiger partial charge on any atom is 0.0313 e. The van der Waals surface area contributed by atoms with Crippen LogP contribution in [0, 0.1) is 6.92 Å². The minimum atomic E-state index is 0.558. The van der Waals surface area contributed by atoms with Crippen molar-refractivity contribution in [3.05, 3.63) is 29.6 Å². The van der Waals surface area contributed by atoms with E-state index in [1.807, 2.05) is 12.4 Å². The fraction of sp³-hybridized carbons (Fsp3) is 0.667. The number of piperazine rings is 1. The van der Waals surface area contributed by atoms with E-state index >= 15 is 0 Å². The van der Waals surface area contributed by atoms with Gasteiger partial charge >= 0.3 is 0 Å². The quantitative estimate of drug-likeness (QED) is 0.867. The second-order valence-electron chi connectivity index (χ2n) is 5.48. The van der Waals surface area contributed by atoms with Gasteiger partial charge in [0.2, 0.25) is 0 Å². The molecule has 4 nitrogen and oxygen atoms in total. The summed E-state index contributed by atoms with van der Waals surface area (Å²) in [5.74, 6) is 0. The fourth-order valence-electron chi connectivity index (χ4n) is 2.82. The lowest BCUT2D eigenvalue weighted by Gasteiger charge is -2.38. The Kier molecular flexibility index (Phi) is 5.31. The van der Waals surface area contributed by atoms with E-state index in [0.29, 0.717) is 6.04 Å². The molecule has 0 amide bonds. The number of hydrogen-bond acceptors (Lipinski definition) is 4. The Morgan fingerprint density at radius 3 is 2.58 bits per heavy atom. The standard InChI is InChI=1S/C15H26N4/c1-3-15(9-16)19-6-4-18(5-7-19)12-14-8-13(2)10-17-11-14/h8,10-11,15H,3-7,9,12,16H2,1-2H3. The summed E-state index contributed by atoms with van der Waals surface area (Å²) in [5.41, 5.74) is 8.39. The molecule has 0 saturated carbocycles. The van der Waals surface area contributed by atoms with E-state index in [2.05, 4.69) is 34.7 Å². The van der Waals surface area contributed by atoms with Crippen LogP contribution in [0.1, 0.15) is 24.5 Å². The van der Waals surface area contributed by atoms with Gasteiger partial charge in [0.1, 0.15) is 0 Å². The number of aryl methyl sites for hydroxylation is 1. The van der Waals surface area contributed by atoms with E-state index < -0.39 is 0 Å². The van der Waals surface area contributed by atoms with Crippen LogP contribution < -0.4 is 5.73 Å². The highest BCUT2D eigenvalue weighted by atomic mass is 15.3. The van der Waals surface area contributed by atoms with Gasteiger partial charge in [-0.25, -0.2) is 0 Å². The van der Waals surface area contributed by atoms with E-state index in [4.69, 9.17) is 5.73 Å². The average molecular weight is 262 g/mol. The molecule has 19 heavy (non-hydrogen) atoms. The van der Waals surface area contributed by atoms with Gasteiger partial charge in [-0.2, -0.15) is 0 Å². The molecule has 4 heteroatoms. The van der Waals surface area contributed by atoms with Crippen LogP contribution in [-0.2, 0) is 6.54 Å². The first-order chi connectivity index (χ1) is 9.22. The van der Waals surface area contributed by atoms with Gasteiger partial charge < -0.3 is 5.73 Å². The number of aromatic nitrogens is 1. The largest absolute Gasteiger partial charge is 0.329 e. The van der Waals surface area contributed by atoms with Crippen molar-refractivity contribution in [1.82, 2.24) is 14.8 Å². The molecule has 1 aliphatic heterocycles. The summed E-state index contributed by atoms with van der Waals surface area (Å²) in [6, 6.07) is 2.79. The van der Waals surface area contributed by atoms with Crippen molar-refractivity contribution in [2.45, 2.75) is 32.9 Å². The number of pyridine rings is 1. The smallest absolute Gasteiger partial charge is 0.0313 e. The molecule has 1 aromatic heterocycles. The summed E-state index contributed by atoms with van der Waals surface area (Å²) in [7, 11) is 0. The van der Waals surface area contributed by atoms with Crippen LogP contribution in [0.2, 0.25) is 0 Å². The molecule has 0 aliphatic carbocycles. The summed E-state index contributed by atoms with van der Waals surface area (Å²) in [4.78, 5) is 9.31. The maximum atomic E-state index is 5.83. The van der Waals surface area contributed by atoms with Gasteiger partial charge in [-0.05, 0) is 24.5 Å². The van der Waals surface area contributed by atoms with E-state index in [0.717, 1.165) is 45.7 Å². The molecule has 0 spiro atoms. The number of nitrogens with two attached hydrogens (primary N) is 1. The molecule has 106 valence electrons. The van der Waals surface area contributed by atoms with E-state index in [9.17, 15) is 0 Å². The van der Waals surface area contributed by atoms with Crippen molar-refractivity contribution in [3.63, 3.8) is 0 Å². The first-order valence-corrected chi connectivity index (χ1v) is 7.30. The Hall–Kier alpha value is -0.970. The first kappa shape index (κ1) is 14.4. The molecule has 0 radical (unpaired) electrons. The molecule has 1 aromatic rings. The van der Waals surface area contributed by atoms with Crippen LogP contribution in [0.15, 0.2) is 18.5 Å². The zero-order chi connectivity index (χ0) is 13.7. The number of rotatable bonds is 5. The van der Waals surface area contributed by atoms with Gasteiger partial charge in [0.05, 0.1) is 0 Å². The third-order valence-corrected chi connectivity index (χ3v) is 4.00. The van der Waals surface area contributed by atoms with Gasteiger partial charge in [-0.3, -0.25) is 14.8 Å². The van der Waals surface area contributed by atoms with Crippen molar-refractivity contribution in [2.24, 2.45) is 5.73 Å². The molecular weight excluding hydrogens is 236 g/mol. The predicted octanol–water partition coefficient (Wildman–Crippen LogP) is 1.24. The second-order valence-corrected chi connectivity index (χ2v) is 5.48. The van der Waals surface area contributed by atoms with Crippen molar-refractivity contribution in [1.29, 1.82) is 0 Å². The van der Waals surface area contributed by atoms with Crippen LogP contribution in [0.3, 0.4) is 0 Å². The van der Waals surface area contributed by atoms with Crippen LogP contribution in [0.4, 0.5) is 0 Å². The summed E-state index contributed by atoms with van der Waals surface area (Å²) < 4.78 is 0. The van der Waals surface area contributed by atoms with Crippen molar-refractivity contribution >= 4 is 0 Å². The van der Waals surface area contributed by atoms with Crippen molar-refractivity contribution < 1.29 is 0 Å². The van der Waals surface area contributed by atoms with Crippen LogP contribution in [-0.4, -0.2) is 53.5 Å². The van der Waals surface area contributed by atoms with E-state index in [-0.39, 0.29) is 0 Å². The van der Waals surface area contributed by atoms with Crippen molar-refractivity contribution in [2.75, 3.05) is 32.7 Å². The molecule has 0 aromatic carbocycles. The first-order valence-electron chi connectivity index (χ1n) is 7.30.